The number of hydrogen-bond donors (Lipinski definition) is 1. The lowest BCUT2D eigenvalue weighted by atomic mass is 10.2. The van der Waals surface area contributed by atoms with Gasteiger partial charge in [-0.05, 0) is 50.6 Å². The number of ether oxygens (including phenoxy) is 1. The summed E-state index contributed by atoms with van der Waals surface area (Å²) >= 11 is 4.86. The van der Waals surface area contributed by atoms with Crippen LogP contribution in [0.15, 0.2) is 24.3 Å². The van der Waals surface area contributed by atoms with Crippen molar-refractivity contribution in [3.63, 3.8) is 0 Å². The van der Waals surface area contributed by atoms with Gasteiger partial charge in [0.2, 0.25) is 0 Å². The molecule has 0 saturated heterocycles. The van der Waals surface area contributed by atoms with Gasteiger partial charge in [0.15, 0.2) is 0 Å². The van der Waals surface area contributed by atoms with Crippen LogP contribution >= 0.6 is 12.2 Å². The third-order valence-corrected chi connectivity index (χ3v) is 3.03. The van der Waals surface area contributed by atoms with Crippen LogP contribution in [0.4, 0.5) is 0 Å². The Bertz CT molecular complexity index is 365. The number of methoxy groups -OCH3 is 1. The van der Waals surface area contributed by atoms with E-state index in [1.807, 2.05) is 12.1 Å². The number of unbranched alkanes of at least 4 members (excludes halogenated alkanes) is 1. The Morgan fingerprint density at radius 1 is 1.28 bits per heavy atom. The molecule has 0 radical (unpaired) electrons. The fraction of sp³-hybridized carbons (Fsp3) is 0.500. The van der Waals surface area contributed by atoms with Crippen LogP contribution in [0.25, 0.3) is 0 Å². The second kappa shape index (κ2) is 8.06. The van der Waals surface area contributed by atoms with Crippen molar-refractivity contribution in [2.45, 2.75) is 25.8 Å². The summed E-state index contributed by atoms with van der Waals surface area (Å²) in [7, 11) is 3.81. The predicted molar refractivity (Wildman–Crippen MR) is 80.0 cm³/mol. The summed E-state index contributed by atoms with van der Waals surface area (Å²) in [6.45, 7) is 2.02. The van der Waals surface area contributed by atoms with Gasteiger partial charge >= 0.3 is 0 Å². The van der Waals surface area contributed by atoms with E-state index in [9.17, 15) is 0 Å². The van der Waals surface area contributed by atoms with Gasteiger partial charge in [-0.1, -0.05) is 24.4 Å². The summed E-state index contributed by atoms with van der Waals surface area (Å²) in [6.07, 6.45) is 3.05. The van der Waals surface area contributed by atoms with Crippen LogP contribution in [0.3, 0.4) is 0 Å². The second-order valence-corrected chi connectivity index (χ2v) is 5.03. The van der Waals surface area contributed by atoms with Gasteiger partial charge in [-0.15, -0.1) is 0 Å². The molecule has 0 fully saturated rings. The number of hydrogen-bond acceptors (Lipinski definition) is 3. The summed E-state index contributed by atoms with van der Waals surface area (Å²) in [6, 6.07) is 8.20. The molecule has 1 aromatic carbocycles. The number of thiocarbonyl (C=S) groups is 1. The summed E-state index contributed by atoms with van der Waals surface area (Å²) < 4.78 is 5.14. The van der Waals surface area contributed by atoms with E-state index in [1.165, 1.54) is 5.56 Å². The average molecular weight is 266 g/mol. The van der Waals surface area contributed by atoms with Crippen molar-refractivity contribution in [1.82, 2.24) is 4.90 Å². The van der Waals surface area contributed by atoms with Gasteiger partial charge in [0.1, 0.15) is 5.75 Å². The fourth-order valence-corrected chi connectivity index (χ4v) is 1.95. The molecule has 1 aromatic rings. The molecule has 0 aromatic heterocycles. The molecule has 0 aliphatic heterocycles. The lowest BCUT2D eigenvalue weighted by Crippen LogP contribution is -2.19. The number of nitrogens with two attached hydrogens (primary N) is 1. The molecule has 0 bridgehead atoms. The highest BCUT2D eigenvalue weighted by Gasteiger charge is 2.01. The van der Waals surface area contributed by atoms with Crippen molar-refractivity contribution in [1.29, 1.82) is 0 Å². The molecular weight excluding hydrogens is 244 g/mol. The van der Waals surface area contributed by atoms with E-state index in [-0.39, 0.29) is 0 Å². The van der Waals surface area contributed by atoms with Crippen molar-refractivity contribution >= 4 is 17.2 Å². The first-order valence-corrected chi connectivity index (χ1v) is 6.62. The van der Waals surface area contributed by atoms with E-state index in [1.54, 1.807) is 7.11 Å². The van der Waals surface area contributed by atoms with Gasteiger partial charge in [-0.2, -0.15) is 0 Å². The number of benzene rings is 1. The van der Waals surface area contributed by atoms with E-state index in [0.29, 0.717) is 4.99 Å². The quantitative estimate of drug-likeness (QED) is 0.580. The van der Waals surface area contributed by atoms with Gasteiger partial charge in [0.05, 0.1) is 12.1 Å². The molecule has 2 N–H and O–H groups in total. The molecule has 0 saturated carbocycles. The van der Waals surface area contributed by atoms with Crippen molar-refractivity contribution in [2.24, 2.45) is 5.73 Å². The lowest BCUT2D eigenvalue weighted by Gasteiger charge is -2.16. The monoisotopic (exact) mass is 266 g/mol. The van der Waals surface area contributed by atoms with Gasteiger partial charge < -0.3 is 15.4 Å². The summed E-state index contributed by atoms with van der Waals surface area (Å²) in [5, 5.41) is 0. The SMILES string of the molecule is COc1ccc(CN(C)CCCCC(N)=S)cc1. The van der Waals surface area contributed by atoms with Crippen LogP contribution in [-0.2, 0) is 6.54 Å². The Kier molecular flexibility index (Phi) is 6.68. The molecule has 0 spiro atoms. The van der Waals surface area contributed by atoms with Crippen LogP contribution in [0.1, 0.15) is 24.8 Å². The molecule has 0 aliphatic rings. The first-order valence-electron chi connectivity index (χ1n) is 6.21. The molecule has 0 heterocycles. The smallest absolute Gasteiger partial charge is 0.118 e. The van der Waals surface area contributed by atoms with Crippen LogP contribution < -0.4 is 10.5 Å². The van der Waals surface area contributed by atoms with Crippen LogP contribution in [0.2, 0.25) is 0 Å². The van der Waals surface area contributed by atoms with E-state index in [2.05, 4.69) is 24.1 Å². The lowest BCUT2D eigenvalue weighted by molar-refractivity contribution is 0.319. The third-order valence-electron chi connectivity index (χ3n) is 2.82. The Labute approximate surface area is 115 Å². The molecular formula is C14H22N2OS. The zero-order valence-corrected chi connectivity index (χ0v) is 12.0. The third kappa shape index (κ3) is 5.98. The van der Waals surface area contributed by atoms with Gasteiger partial charge in [-0.25, -0.2) is 0 Å². The van der Waals surface area contributed by atoms with E-state index in [0.717, 1.165) is 38.1 Å². The van der Waals surface area contributed by atoms with E-state index >= 15 is 0 Å². The Morgan fingerprint density at radius 2 is 1.94 bits per heavy atom. The predicted octanol–water partition coefficient (Wildman–Crippen LogP) is 2.58. The molecule has 1 rings (SSSR count). The van der Waals surface area contributed by atoms with E-state index < -0.39 is 0 Å². The van der Waals surface area contributed by atoms with Crippen molar-refractivity contribution in [3.05, 3.63) is 29.8 Å². The minimum atomic E-state index is 0.618. The minimum Gasteiger partial charge on any atom is -0.497 e. The van der Waals surface area contributed by atoms with Crippen LogP contribution in [0, 0.1) is 0 Å². The fourth-order valence-electron chi connectivity index (χ4n) is 1.80. The Morgan fingerprint density at radius 3 is 2.50 bits per heavy atom. The van der Waals surface area contributed by atoms with Crippen molar-refractivity contribution in [3.8, 4) is 5.75 Å². The molecule has 0 amide bonds. The number of nitrogens with zero attached hydrogens (tertiary/aromatic N) is 1. The minimum absolute atomic E-state index is 0.618. The zero-order chi connectivity index (χ0) is 13.4. The maximum Gasteiger partial charge on any atom is 0.118 e. The zero-order valence-electron chi connectivity index (χ0n) is 11.2. The standard InChI is InChI=1S/C14H22N2OS/c1-16(10-4-3-5-14(15)18)11-12-6-8-13(17-2)9-7-12/h6-9H,3-5,10-11H2,1-2H3,(H2,15,18). The maximum absolute atomic E-state index is 5.47. The molecule has 4 heteroatoms. The summed E-state index contributed by atoms with van der Waals surface area (Å²) in [5.41, 5.74) is 6.76. The molecule has 100 valence electrons. The van der Waals surface area contributed by atoms with Crippen molar-refractivity contribution in [2.75, 3.05) is 20.7 Å². The highest BCUT2D eigenvalue weighted by molar-refractivity contribution is 7.80. The Hall–Kier alpha value is -1.13. The highest BCUT2D eigenvalue weighted by atomic mass is 32.1. The summed E-state index contributed by atoms with van der Waals surface area (Å²) in [4.78, 5) is 2.93. The molecule has 0 unspecified atom stereocenters. The van der Waals surface area contributed by atoms with Crippen LogP contribution in [-0.4, -0.2) is 30.6 Å². The summed E-state index contributed by atoms with van der Waals surface area (Å²) in [5.74, 6) is 0.901. The second-order valence-electron chi connectivity index (χ2n) is 4.51. The highest BCUT2D eigenvalue weighted by Crippen LogP contribution is 2.12. The van der Waals surface area contributed by atoms with Gasteiger partial charge in [0.25, 0.3) is 0 Å². The van der Waals surface area contributed by atoms with Crippen LogP contribution in [0.5, 0.6) is 5.75 Å². The first kappa shape index (κ1) is 14.9. The first-order chi connectivity index (χ1) is 8.61. The van der Waals surface area contributed by atoms with E-state index in [4.69, 9.17) is 22.7 Å². The van der Waals surface area contributed by atoms with Gasteiger partial charge in [-0.3, -0.25) is 0 Å². The maximum atomic E-state index is 5.47. The number of rotatable bonds is 8. The topological polar surface area (TPSA) is 38.5 Å². The molecule has 0 atom stereocenters. The molecule has 0 aliphatic carbocycles. The van der Waals surface area contributed by atoms with Crippen molar-refractivity contribution < 1.29 is 4.74 Å². The largest absolute Gasteiger partial charge is 0.497 e. The molecule has 3 nitrogen and oxygen atoms in total. The average Bonchev–Trinajstić information content (AvgIpc) is 2.35. The Balaban J connectivity index is 2.26. The normalized spacial score (nSPS) is 10.6. The van der Waals surface area contributed by atoms with Gasteiger partial charge in [0, 0.05) is 6.54 Å². The molecule has 18 heavy (non-hydrogen) atoms.